The number of benzene rings is 1. The van der Waals surface area contributed by atoms with Gasteiger partial charge in [-0.2, -0.15) is 0 Å². The Hall–Kier alpha value is -1.95. The van der Waals surface area contributed by atoms with Crippen molar-refractivity contribution in [2.24, 2.45) is 0 Å². The molecule has 0 heterocycles. The van der Waals surface area contributed by atoms with Crippen LogP contribution < -0.4 is 4.74 Å². The van der Waals surface area contributed by atoms with E-state index in [0.29, 0.717) is 0 Å². The van der Waals surface area contributed by atoms with Gasteiger partial charge in [-0.15, -0.1) is 0 Å². The number of nitro benzene ring substituents is 1. The Morgan fingerprint density at radius 2 is 2.00 bits per heavy atom. The number of hydrogen-bond donors (Lipinski definition) is 1. The van der Waals surface area contributed by atoms with Gasteiger partial charge >= 0.3 is 5.97 Å². The maximum Gasteiger partial charge on any atom is 0.337 e. The molecule has 0 aliphatic carbocycles. The van der Waals surface area contributed by atoms with Gasteiger partial charge in [0.05, 0.1) is 4.92 Å². The molecule has 0 saturated carbocycles. The first kappa shape index (κ1) is 10.1. The summed E-state index contributed by atoms with van der Waals surface area (Å²) in [5.74, 6) is -0.645. The number of nitrogens with zero attached hydrogens (tertiary/aromatic N) is 1. The average molecular weight is 197 g/mol. The Bertz CT molecular complexity index is 345. The average Bonchev–Trinajstić information content (AvgIpc) is 2.18. The van der Waals surface area contributed by atoms with Gasteiger partial charge in [0.1, 0.15) is 12.4 Å². The van der Waals surface area contributed by atoms with Gasteiger partial charge < -0.3 is 9.84 Å². The summed E-state index contributed by atoms with van der Waals surface area (Å²) in [7, 11) is 0. The Labute approximate surface area is 78.9 Å². The van der Waals surface area contributed by atoms with E-state index in [1.807, 2.05) is 0 Å². The standard InChI is InChI=1S/C8H7NO5/c10-5-8(11)14-7-3-1-6(2-4-7)9(12)13/h1-4,10H,5H2. The fourth-order valence-corrected chi connectivity index (χ4v) is 0.800. The lowest BCUT2D eigenvalue weighted by Crippen LogP contribution is -2.11. The van der Waals surface area contributed by atoms with E-state index in [2.05, 4.69) is 4.74 Å². The monoisotopic (exact) mass is 197 g/mol. The number of carbonyl (C=O) groups is 1. The predicted octanol–water partition coefficient (Wildman–Crippen LogP) is 0.492. The quantitative estimate of drug-likeness (QED) is 0.329. The second-order valence-electron chi connectivity index (χ2n) is 2.38. The van der Waals surface area contributed by atoms with E-state index in [0.717, 1.165) is 0 Å². The summed E-state index contributed by atoms with van der Waals surface area (Å²) in [6.45, 7) is -0.725. The van der Waals surface area contributed by atoms with E-state index in [4.69, 9.17) is 5.11 Å². The number of aliphatic hydroxyl groups is 1. The molecule has 74 valence electrons. The molecule has 1 aromatic rings. The molecule has 0 amide bonds. The molecule has 0 saturated heterocycles. The summed E-state index contributed by atoms with van der Waals surface area (Å²) >= 11 is 0. The van der Waals surface area contributed by atoms with Crippen molar-refractivity contribution in [2.45, 2.75) is 0 Å². The Kier molecular flexibility index (Phi) is 3.14. The van der Waals surface area contributed by atoms with Gasteiger partial charge in [0, 0.05) is 12.1 Å². The topological polar surface area (TPSA) is 89.7 Å². The van der Waals surface area contributed by atoms with Gasteiger partial charge in [0.25, 0.3) is 5.69 Å². The van der Waals surface area contributed by atoms with E-state index in [-0.39, 0.29) is 11.4 Å². The van der Waals surface area contributed by atoms with Crippen LogP contribution in [0.2, 0.25) is 0 Å². The van der Waals surface area contributed by atoms with Crippen molar-refractivity contribution in [3.05, 3.63) is 34.4 Å². The molecule has 0 spiro atoms. The lowest BCUT2D eigenvalue weighted by Gasteiger charge is -2.00. The highest BCUT2D eigenvalue weighted by Gasteiger charge is 2.06. The zero-order chi connectivity index (χ0) is 10.6. The first-order valence-corrected chi connectivity index (χ1v) is 3.69. The minimum Gasteiger partial charge on any atom is -0.425 e. The first-order chi connectivity index (χ1) is 6.63. The molecule has 0 radical (unpaired) electrons. The fraction of sp³-hybridized carbons (Fsp3) is 0.125. The molecule has 1 aromatic carbocycles. The third-order valence-electron chi connectivity index (χ3n) is 1.41. The zero-order valence-corrected chi connectivity index (χ0v) is 7.04. The van der Waals surface area contributed by atoms with Crippen LogP contribution in [0.5, 0.6) is 5.75 Å². The van der Waals surface area contributed by atoms with Gasteiger partial charge in [0.15, 0.2) is 0 Å². The molecule has 6 heteroatoms. The Morgan fingerprint density at radius 3 is 2.43 bits per heavy atom. The summed E-state index contributed by atoms with van der Waals surface area (Å²) in [6.07, 6.45) is 0. The number of aliphatic hydroxyl groups excluding tert-OH is 1. The molecule has 0 unspecified atom stereocenters. The highest BCUT2D eigenvalue weighted by atomic mass is 16.6. The summed E-state index contributed by atoms with van der Waals surface area (Å²) in [5, 5.41) is 18.6. The molecule has 0 aliphatic heterocycles. The van der Waals surface area contributed by atoms with Crippen molar-refractivity contribution in [3.8, 4) is 5.75 Å². The molecule has 0 fully saturated rings. The van der Waals surface area contributed by atoms with Crippen molar-refractivity contribution < 1.29 is 19.6 Å². The fourth-order valence-electron chi connectivity index (χ4n) is 0.800. The number of ether oxygens (including phenoxy) is 1. The molecule has 0 aromatic heterocycles. The number of carbonyl (C=O) groups excluding carboxylic acids is 1. The molecular weight excluding hydrogens is 190 g/mol. The highest BCUT2D eigenvalue weighted by Crippen LogP contribution is 2.17. The maximum atomic E-state index is 10.6. The van der Waals surface area contributed by atoms with Crippen molar-refractivity contribution in [3.63, 3.8) is 0 Å². The van der Waals surface area contributed by atoms with E-state index in [1.54, 1.807) is 0 Å². The van der Waals surface area contributed by atoms with E-state index in [9.17, 15) is 14.9 Å². The largest absolute Gasteiger partial charge is 0.425 e. The number of esters is 1. The van der Waals surface area contributed by atoms with E-state index >= 15 is 0 Å². The lowest BCUT2D eigenvalue weighted by atomic mass is 10.3. The third-order valence-corrected chi connectivity index (χ3v) is 1.41. The molecule has 1 rings (SSSR count). The Morgan fingerprint density at radius 1 is 1.43 bits per heavy atom. The van der Waals surface area contributed by atoms with Crippen LogP contribution in [0, 0.1) is 10.1 Å². The van der Waals surface area contributed by atoms with Gasteiger partial charge in [-0.05, 0) is 12.1 Å². The summed E-state index contributed by atoms with van der Waals surface area (Å²) in [6, 6.07) is 4.98. The van der Waals surface area contributed by atoms with Crippen LogP contribution >= 0.6 is 0 Å². The molecule has 1 N–H and O–H groups in total. The van der Waals surface area contributed by atoms with Crippen molar-refractivity contribution >= 4 is 11.7 Å². The minimum atomic E-state index is -0.807. The van der Waals surface area contributed by atoms with Crippen molar-refractivity contribution in [1.29, 1.82) is 0 Å². The highest BCUT2D eigenvalue weighted by molar-refractivity contribution is 5.73. The zero-order valence-electron chi connectivity index (χ0n) is 7.04. The van der Waals surface area contributed by atoms with Gasteiger partial charge in [-0.3, -0.25) is 10.1 Å². The predicted molar refractivity (Wildman–Crippen MR) is 45.8 cm³/mol. The van der Waals surface area contributed by atoms with Gasteiger partial charge in [-0.25, -0.2) is 4.79 Å². The molecule has 14 heavy (non-hydrogen) atoms. The lowest BCUT2D eigenvalue weighted by molar-refractivity contribution is -0.384. The third kappa shape index (κ3) is 2.53. The van der Waals surface area contributed by atoms with Gasteiger partial charge in [0.2, 0.25) is 0 Å². The summed E-state index contributed by atoms with van der Waals surface area (Å²) in [5.41, 5.74) is -0.0891. The van der Waals surface area contributed by atoms with E-state index < -0.39 is 17.5 Å². The number of rotatable bonds is 3. The molecular formula is C8H7NO5. The number of hydrogen-bond acceptors (Lipinski definition) is 5. The normalized spacial score (nSPS) is 9.50. The number of non-ortho nitro benzene ring substituents is 1. The first-order valence-electron chi connectivity index (χ1n) is 3.69. The van der Waals surface area contributed by atoms with Crippen molar-refractivity contribution in [2.75, 3.05) is 6.61 Å². The molecule has 0 atom stereocenters. The van der Waals surface area contributed by atoms with Crippen LogP contribution in [-0.4, -0.2) is 22.6 Å². The SMILES string of the molecule is O=C(CO)Oc1ccc([N+](=O)[O-])cc1. The smallest absolute Gasteiger partial charge is 0.337 e. The van der Waals surface area contributed by atoms with Crippen molar-refractivity contribution in [1.82, 2.24) is 0 Å². The molecule has 0 aliphatic rings. The summed E-state index contributed by atoms with van der Waals surface area (Å²) < 4.78 is 4.59. The van der Waals surface area contributed by atoms with Crippen LogP contribution in [0.4, 0.5) is 5.69 Å². The minimum absolute atomic E-state index is 0.0891. The second kappa shape index (κ2) is 4.33. The van der Waals surface area contributed by atoms with Crippen LogP contribution in [0.25, 0.3) is 0 Å². The van der Waals surface area contributed by atoms with Crippen LogP contribution in [0.15, 0.2) is 24.3 Å². The summed E-state index contributed by atoms with van der Waals surface area (Å²) in [4.78, 5) is 20.3. The maximum absolute atomic E-state index is 10.6. The van der Waals surface area contributed by atoms with Crippen LogP contribution in [0.3, 0.4) is 0 Å². The van der Waals surface area contributed by atoms with E-state index in [1.165, 1.54) is 24.3 Å². The van der Waals surface area contributed by atoms with Crippen LogP contribution in [0.1, 0.15) is 0 Å². The van der Waals surface area contributed by atoms with Gasteiger partial charge in [-0.1, -0.05) is 0 Å². The number of nitro groups is 1. The second-order valence-corrected chi connectivity index (χ2v) is 2.38. The molecule has 6 nitrogen and oxygen atoms in total. The Balaban J connectivity index is 2.73. The molecule has 0 bridgehead atoms. The van der Waals surface area contributed by atoms with Crippen LogP contribution in [-0.2, 0) is 4.79 Å².